The highest BCUT2D eigenvalue weighted by Gasteiger charge is 2.23. The molecule has 1 aliphatic rings. The highest BCUT2D eigenvalue weighted by molar-refractivity contribution is 5.78. The molecule has 0 spiro atoms. The summed E-state index contributed by atoms with van der Waals surface area (Å²) in [6.07, 6.45) is 5.24. The van der Waals surface area contributed by atoms with Gasteiger partial charge >= 0.3 is 0 Å². The molecule has 1 amide bonds. The maximum atomic E-state index is 11.8. The molecule has 5 nitrogen and oxygen atoms in total. The molecule has 0 radical (unpaired) electrons. The molecule has 5 heteroatoms. The highest BCUT2D eigenvalue weighted by Crippen LogP contribution is 2.19. The fourth-order valence-corrected chi connectivity index (χ4v) is 2.51. The zero-order valence-corrected chi connectivity index (χ0v) is 11.7. The standard InChI is InChI=1S/C14H23N3O2/c1-12(18)10-13-6-3-2-4-9-17(13)11-14(19)16-8-5-7-15/h13H,2-6,8-11H2,1H3,(H,16,19). The molecule has 0 bridgehead atoms. The van der Waals surface area contributed by atoms with Crippen molar-refractivity contribution >= 4 is 11.7 Å². The predicted molar refractivity (Wildman–Crippen MR) is 72.4 cm³/mol. The minimum absolute atomic E-state index is 0.0503. The zero-order chi connectivity index (χ0) is 14.1. The lowest BCUT2D eigenvalue weighted by Gasteiger charge is -2.28. The molecule has 1 aliphatic heterocycles. The van der Waals surface area contributed by atoms with Crippen molar-refractivity contribution < 1.29 is 9.59 Å². The lowest BCUT2D eigenvalue weighted by Crippen LogP contribution is -2.43. The summed E-state index contributed by atoms with van der Waals surface area (Å²) in [6, 6.07) is 2.19. The number of nitrogens with zero attached hydrogens (tertiary/aromatic N) is 2. The molecule has 1 unspecified atom stereocenters. The first-order chi connectivity index (χ1) is 9.13. The van der Waals surface area contributed by atoms with Gasteiger partial charge in [0.05, 0.1) is 19.0 Å². The molecule has 1 rings (SSSR count). The second-order valence-electron chi connectivity index (χ2n) is 5.14. The van der Waals surface area contributed by atoms with E-state index in [1.54, 1.807) is 6.92 Å². The van der Waals surface area contributed by atoms with Gasteiger partial charge in [0.25, 0.3) is 0 Å². The average molecular weight is 265 g/mol. The Labute approximate surface area is 115 Å². The van der Waals surface area contributed by atoms with Crippen molar-refractivity contribution in [1.82, 2.24) is 10.2 Å². The van der Waals surface area contributed by atoms with E-state index in [2.05, 4.69) is 10.2 Å². The van der Waals surface area contributed by atoms with Gasteiger partial charge in [-0.2, -0.15) is 5.26 Å². The van der Waals surface area contributed by atoms with Crippen LogP contribution in [0, 0.1) is 11.3 Å². The van der Waals surface area contributed by atoms with E-state index in [1.807, 2.05) is 6.07 Å². The fraction of sp³-hybridized carbons (Fsp3) is 0.786. The number of hydrogen-bond donors (Lipinski definition) is 1. The Morgan fingerprint density at radius 1 is 1.37 bits per heavy atom. The Morgan fingerprint density at radius 3 is 2.84 bits per heavy atom. The molecule has 19 heavy (non-hydrogen) atoms. The van der Waals surface area contributed by atoms with Gasteiger partial charge in [-0.05, 0) is 26.3 Å². The number of nitrogens with one attached hydrogen (secondary N) is 1. The van der Waals surface area contributed by atoms with Gasteiger partial charge in [0.1, 0.15) is 5.78 Å². The predicted octanol–water partition coefficient (Wildman–Crippen LogP) is 1.24. The third kappa shape index (κ3) is 6.35. The van der Waals surface area contributed by atoms with Crippen molar-refractivity contribution in [3.05, 3.63) is 0 Å². The van der Waals surface area contributed by atoms with Crippen LogP contribution < -0.4 is 5.32 Å². The van der Waals surface area contributed by atoms with E-state index in [-0.39, 0.29) is 17.7 Å². The number of rotatable bonds is 6. The molecular weight excluding hydrogens is 242 g/mol. The Hall–Kier alpha value is -1.41. The van der Waals surface area contributed by atoms with E-state index < -0.39 is 0 Å². The fourth-order valence-electron chi connectivity index (χ4n) is 2.51. The van der Waals surface area contributed by atoms with Crippen molar-refractivity contribution in [1.29, 1.82) is 5.26 Å². The van der Waals surface area contributed by atoms with Crippen LogP contribution >= 0.6 is 0 Å². The van der Waals surface area contributed by atoms with Crippen LogP contribution in [0.3, 0.4) is 0 Å². The van der Waals surface area contributed by atoms with Gasteiger partial charge in [-0.15, -0.1) is 0 Å². The Morgan fingerprint density at radius 2 is 2.16 bits per heavy atom. The lowest BCUT2D eigenvalue weighted by atomic mass is 10.0. The minimum Gasteiger partial charge on any atom is -0.354 e. The summed E-state index contributed by atoms with van der Waals surface area (Å²) in [5, 5.41) is 11.2. The van der Waals surface area contributed by atoms with Crippen LogP contribution in [0.15, 0.2) is 0 Å². The normalized spacial score (nSPS) is 20.3. The monoisotopic (exact) mass is 265 g/mol. The lowest BCUT2D eigenvalue weighted by molar-refractivity contribution is -0.124. The van der Waals surface area contributed by atoms with Gasteiger partial charge < -0.3 is 5.32 Å². The summed E-state index contributed by atoms with van der Waals surface area (Å²) in [5.41, 5.74) is 0. The maximum Gasteiger partial charge on any atom is 0.234 e. The topological polar surface area (TPSA) is 73.2 Å². The molecule has 1 atom stereocenters. The van der Waals surface area contributed by atoms with Gasteiger partial charge in [0.15, 0.2) is 0 Å². The van der Waals surface area contributed by atoms with E-state index in [4.69, 9.17) is 5.26 Å². The first kappa shape index (κ1) is 15.6. The Bertz CT molecular complexity index is 349. The van der Waals surface area contributed by atoms with Crippen molar-refractivity contribution in [2.45, 2.75) is 51.5 Å². The molecule has 0 aromatic heterocycles. The van der Waals surface area contributed by atoms with E-state index >= 15 is 0 Å². The van der Waals surface area contributed by atoms with Gasteiger partial charge in [-0.25, -0.2) is 0 Å². The first-order valence-electron chi connectivity index (χ1n) is 7.00. The van der Waals surface area contributed by atoms with Crippen molar-refractivity contribution in [2.75, 3.05) is 19.6 Å². The Balaban J connectivity index is 2.47. The van der Waals surface area contributed by atoms with E-state index in [9.17, 15) is 9.59 Å². The maximum absolute atomic E-state index is 11.8. The van der Waals surface area contributed by atoms with Crippen LogP contribution in [0.2, 0.25) is 0 Å². The molecule has 0 aromatic rings. The average Bonchev–Trinajstić information content (AvgIpc) is 2.55. The summed E-state index contributed by atoms with van der Waals surface area (Å²) in [6.45, 7) is 3.23. The molecule has 0 aliphatic carbocycles. The SMILES string of the molecule is CC(=O)CC1CCCCCN1CC(=O)NCCC#N. The van der Waals surface area contributed by atoms with Gasteiger partial charge in [0.2, 0.25) is 5.91 Å². The molecule has 1 saturated heterocycles. The summed E-state index contributed by atoms with van der Waals surface area (Å²) in [7, 11) is 0. The summed E-state index contributed by atoms with van der Waals surface area (Å²) in [4.78, 5) is 25.2. The highest BCUT2D eigenvalue weighted by atomic mass is 16.2. The van der Waals surface area contributed by atoms with Gasteiger partial charge in [0, 0.05) is 19.0 Å². The minimum atomic E-state index is -0.0503. The smallest absolute Gasteiger partial charge is 0.234 e. The molecule has 0 saturated carbocycles. The van der Waals surface area contributed by atoms with Crippen molar-refractivity contribution in [3.63, 3.8) is 0 Å². The molecule has 1 N–H and O–H groups in total. The second-order valence-corrected chi connectivity index (χ2v) is 5.14. The quantitative estimate of drug-likeness (QED) is 0.733. The number of carbonyl (C=O) groups is 2. The number of Topliss-reactive ketones (excluding diaryl/α,β-unsaturated/α-hetero) is 1. The zero-order valence-electron chi connectivity index (χ0n) is 11.7. The number of amides is 1. The summed E-state index contributed by atoms with van der Waals surface area (Å²) in [5.74, 6) is 0.132. The van der Waals surface area contributed by atoms with Crippen LogP contribution in [-0.4, -0.2) is 42.3 Å². The number of hydrogen-bond acceptors (Lipinski definition) is 4. The van der Waals surface area contributed by atoms with E-state index in [0.29, 0.717) is 25.9 Å². The van der Waals surface area contributed by atoms with Crippen LogP contribution in [-0.2, 0) is 9.59 Å². The van der Waals surface area contributed by atoms with E-state index in [0.717, 1.165) is 25.8 Å². The number of likely N-dealkylation sites (tertiary alicyclic amines) is 1. The third-order valence-corrected chi connectivity index (χ3v) is 3.43. The molecular formula is C14H23N3O2. The summed E-state index contributed by atoms with van der Waals surface area (Å²) < 4.78 is 0. The second kappa shape index (κ2) is 8.65. The van der Waals surface area contributed by atoms with Crippen LogP contribution in [0.25, 0.3) is 0 Å². The first-order valence-corrected chi connectivity index (χ1v) is 7.00. The number of carbonyl (C=O) groups excluding carboxylic acids is 2. The molecule has 0 aromatic carbocycles. The van der Waals surface area contributed by atoms with E-state index in [1.165, 1.54) is 6.42 Å². The molecule has 1 heterocycles. The Kier molecular flexibility index (Phi) is 7.12. The van der Waals surface area contributed by atoms with Crippen LogP contribution in [0.4, 0.5) is 0 Å². The number of ketones is 1. The third-order valence-electron chi connectivity index (χ3n) is 3.43. The molecule has 106 valence electrons. The molecule has 1 fully saturated rings. The summed E-state index contributed by atoms with van der Waals surface area (Å²) >= 11 is 0. The van der Waals surface area contributed by atoms with Gasteiger partial charge in [-0.1, -0.05) is 12.8 Å². The van der Waals surface area contributed by atoms with Crippen LogP contribution in [0.5, 0.6) is 0 Å². The van der Waals surface area contributed by atoms with Crippen LogP contribution in [0.1, 0.15) is 45.4 Å². The van der Waals surface area contributed by atoms with Crippen molar-refractivity contribution in [2.24, 2.45) is 0 Å². The number of nitriles is 1. The van der Waals surface area contributed by atoms with Crippen molar-refractivity contribution in [3.8, 4) is 6.07 Å². The van der Waals surface area contributed by atoms with Gasteiger partial charge in [-0.3, -0.25) is 14.5 Å². The largest absolute Gasteiger partial charge is 0.354 e.